The quantitative estimate of drug-likeness (QED) is 0.316. The van der Waals surface area contributed by atoms with E-state index in [1.54, 1.807) is 0 Å². The molecule has 0 aliphatic rings. The molecule has 0 aliphatic heterocycles. The van der Waals surface area contributed by atoms with Crippen LogP contribution in [0.5, 0.6) is 0 Å². The lowest BCUT2D eigenvalue weighted by molar-refractivity contribution is -0.140. The van der Waals surface area contributed by atoms with Crippen LogP contribution >= 0.6 is 7.82 Å². The highest BCUT2D eigenvalue weighted by Gasteiger charge is 2.22. The fourth-order valence-electron chi connectivity index (χ4n) is 1.43. The van der Waals surface area contributed by atoms with E-state index in [0.29, 0.717) is 38.7 Å². The third-order valence-electron chi connectivity index (χ3n) is 2.69. The Bertz CT molecular complexity index is 322. The van der Waals surface area contributed by atoms with Crippen LogP contribution < -0.4 is 0 Å². The Morgan fingerprint density at radius 2 is 1.90 bits per heavy atom. The minimum Gasteiger partial charge on any atom is -0.469 e. The molecular formula is C13H27O7P. The van der Waals surface area contributed by atoms with E-state index < -0.39 is 7.82 Å². The lowest BCUT2D eigenvalue weighted by Crippen LogP contribution is -2.19. The zero-order chi connectivity index (χ0) is 16.1. The summed E-state index contributed by atoms with van der Waals surface area (Å²) in [5.41, 5.74) is 0. The van der Waals surface area contributed by atoms with Crippen molar-refractivity contribution in [3.63, 3.8) is 0 Å². The van der Waals surface area contributed by atoms with Gasteiger partial charge < -0.3 is 14.4 Å². The SMILES string of the molecule is CCCOP(=O)(O)OCC(CC)OCCCCC(=O)OC. The van der Waals surface area contributed by atoms with Gasteiger partial charge in [-0.25, -0.2) is 4.57 Å². The first-order chi connectivity index (χ1) is 9.95. The normalized spacial score (nSPS) is 15.4. The van der Waals surface area contributed by atoms with E-state index in [9.17, 15) is 14.3 Å². The summed E-state index contributed by atoms with van der Waals surface area (Å²) in [5, 5.41) is 0. The number of phosphoric ester groups is 1. The molecule has 7 nitrogen and oxygen atoms in total. The van der Waals surface area contributed by atoms with E-state index in [2.05, 4.69) is 4.74 Å². The number of hydrogen-bond donors (Lipinski definition) is 1. The van der Waals surface area contributed by atoms with Gasteiger partial charge in [0.05, 0.1) is 26.4 Å². The average Bonchev–Trinajstić information content (AvgIpc) is 2.47. The number of methoxy groups -OCH3 is 1. The summed E-state index contributed by atoms with van der Waals surface area (Å²) in [5.74, 6) is -0.236. The second kappa shape index (κ2) is 12.1. The van der Waals surface area contributed by atoms with Crippen molar-refractivity contribution >= 4 is 13.8 Å². The van der Waals surface area contributed by atoms with Crippen LogP contribution in [0, 0.1) is 0 Å². The summed E-state index contributed by atoms with van der Waals surface area (Å²) < 4.78 is 31.2. The largest absolute Gasteiger partial charge is 0.472 e. The second-order valence-corrected chi connectivity index (χ2v) is 5.99. The number of hydrogen-bond acceptors (Lipinski definition) is 6. The number of esters is 1. The van der Waals surface area contributed by atoms with Gasteiger partial charge in [0, 0.05) is 13.0 Å². The summed E-state index contributed by atoms with van der Waals surface area (Å²) in [6.07, 6.45) is 2.79. The van der Waals surface area contributed by atoms with Gasteiger partial charge in [0.2, 0.25) is 0 Å². The minimum atomic E-state index is -3.98. The van der Waals surface area contributed by atoms with Crippen LogP contribution in [0.2, 0.25) is 0 Å². The minimum absolute atomic E-state index is 0.00495. The van der Waals surface area contributed by atoms with Gasteiger partial charge in [-0.3, -0.25) is 13.8 Å². The Morgan fingerprint density at radius 3 is 2.48 bits per heavy atom. The lowest BCUT2D eigenvalue weighted by Gasteiger charge is -2.18. The molecule has 0 aromatic carbocycles. The van der Waals surface area contributed by atoms with Gasteiger partial charge in [-0.2, -0.15) is 0 Å². The maximum atomic E-state index is 11.5. The number of phosphoric acid groups is 1. The first-order valence-electron chi connectivity index (χ1n) is 7.25. The van der Waals surface area contributed by atoms with E-state index in [1.165, 1.54) is 7.11 Å². The molecule has 0 fully saturated rings. The van der Waals surface area contributed by atoms with Crippen molar-refractivity contribution < 1.29 is 32.8 Å². The van der Waals surface area contributed by atoms with Crippen molar-refractivity contribution in [1.29, 1.82) is 0 Å². The molecular weight excluding hydrogens is 299 g/mol. The van der Waals surface area contributed by atoms with Crippen molar-refractivity contribution in [2.75, 3.05) is 26.9 Å². The summed E-state index contributed by atoms with van der Waals surface area (Å²) >= 11 is 0. The third-order valence-corrected chi connectivity index (χ3v) is 3.68. The summed E-state index contributed by atoms with van der Waals surface area (Å²) in [4.78, 5) is 20.3. The van der Waals surface area contributed by atoms with Gasteiger partial charge in [-0.15, -0.1) is 0 Å². The monoisotopic (exact) mass is 326 g/mol. The van der Waals surface area contributed by atoms with Crippen LogP contribution in [0.1, 0.15) is 46.0 Å². The molecule has 126 valence electrons. The Hall–Kier alpha value is -0.460. The molecule has 0 bridgehead atoms. The molecule has 0 aliphatic carbocycles. The predicted octanol–water partition coefficient (Wildman–Crippen LogP) is 2.67. The van der Waals surface area contributed by atoms with E-state index in [0.717, 1.165) is 0 Å². The highest BCUT2D eigenvalue weighted by atomic mass is 31.2. The molecule has 0 radical (unpaired) electrons. The molecule has 0 spiro atoms. The molecule has 0 aromatic rings. The molecule has 0 amide bonds. The number of rotatable bonds is 13. The first kappa shape index (κ1) is 20.5. The maximum absolute atomic E-state index is 11.5. The van der Waals surface area contributed by atoms with Crippen LogP contribution in [-0.2, 0) is 27.9 Å². The molecule has 0 aromatic heterocycles. The molecule has 0 rings (SSSR count). The Morgan fingerprint density at radius 1 is 1.19 bits per heavy atom. The van der Waals surface area contributed by atoms with Gasteiger partial charge in [0.15, 0.2) is 0 Å². The lowest BCUT2D eigenvalue weighted by atomic mass is 10.2. The zero-order valence-electron chi connectivity index (χ0n) is 13.1. The third kappa shape index (κ3) is 11.8. The van der Waals surface area contributed by atoms with Gasteiger partial charge in [0.1, 0.15) is 0 Å². The summed E-state index contributed by atoms with van der Waals surface area (Å²) in [6, 6.07) is 0. The van der Waals surface area contributed by atoms with Gasteiger partial charge in [-0.1, -0.05) is 13.8 Å². The van der Waals surface area contributed by atoms with Crippen molar-refractivity contribution in [2.24, 2.45) is 0 Å². The molecule has 0 saturated heterocycles. The van der Waals surface area contributed by atoms with E-state index in [4.69, 9.17) is 13.8 Å². The van der Waals surface area contributed by atoms with Crippen LogP contribution in [-0.4, -0.2) is 43.9 Å². The van der Waals surface area contributed by atoms with E-state index >= 15 is 0 Å². The van der Waals surface area contributed by atoms with Crippen LogP contribution in [0.3, 0.4) is 0 Å². The van der Waals surface area contributed by atoms with Gasteiger partial charge >= 0.3 is 13.8 Å². The van der Waals surface area contributed by atoms with Crippen molar-refractivity contribution in [3.05, 3.63) is 0 Å². The average molecular weight is 326 g/mol. The van der Waals surface area contributed by atoms with Gasteiger partial charge in [-0.05, 0) is 25.7 Å². The number of carbonyl (C=O) groups excluding carboxylic acids is 1. The Kier molecular flexibility index (Phi) is 11.9. The number of unbranched alkanes of at least 4 members (excludes halogenated alkanes) is 1. The fourth-order valence-corrected chi connectivity index (χ4v) is 2.27. The molecule has 21 heavy (non-hydrogen) atoms. The molecule has 8 heteroatoms. The Labute approximate surface area is 126 Å². The fraction of sp³-hybridized carbons (Fsp3) is 0.923. The van der Waals surface area contributed by atoms with Crippen LogP contribution in [0.25, 0.3) is 0 Å². The highest BCUT2D eigenvalue weighted by molar-refractivity contribution is 7.47. The topological polar surface area (TPSA) is 91.3 Å². The standard InChI is InChI=1S/C13H27O7P/c1-4-9-19-21(15,16)20-11-12(5-2)18-10-7-6-8-13(14)17-3/h12H,4-11H2,1-3H3,(H,15,16). The molecule has 0 saturated carbocycles. The summed E-state index contributed by atoms with van der Waals surface area (Å²) in [6.45, 7) is 4.39. The van der Waals surface area contributed by atoms with Crippen LogP contribution in [0.15, 0.2) is 0 Å². The van der Waals surface area contributed by atoms with Crippen LogP contribution in [0.4, 0.5) is 0 Å². The summed E-state index contributed by atoms with van der Waals surface area (Å²) in [7, 11) is -2.62. The van der Waals surface area contributed by atoms with Crippen molar-refractivity contribution in [3.8, 4) is 0 Å². The highest BCUT2D eigenvalue weighted by Crippen LogP contribution is 2.43. The maximum Gasteiger partial charge on any atom is 0.472 e. The van der Waals surface area contributed by atoms with E-state index in [-0.39, 0.29) is 25.3 Å². The number of carbonyl (C=O) groups is 1. The van der Waals surface area contributed by atoms with Gasteiger partial charge in [0.25, 0.3) is 0 Å². The van der Waals surface area contributed by atoms with Crippen molar-refractivity contribution in [1.82, 2.24) is 0 Å². The van der Waals surface area contributed by atoms with Crippen molar-refractivity contribution in [2.45, 2.75) is 52.1 Å². The Balaban J connectivity index is 3.80. The number of ether oxygens (including phenoxy) is 2. The zero-order valence-corrected chi connectivity index (χ0v) is 14.0. The second-order valence-electron chi connectivity index (χ2n) is 4.53. The molecule has 0 heterocycles. The molecule has 1 N–H and O–H groups in total. The molecule has 2 atom stereocenters. The first-order valence-corrected chi connectivity index (χ1v) is 8.75. The van der Waals surface area contributed by atoms with E-state index in [1.807, 2.05) is 13.8 Å². The predicted molar refractivity (Wildman–Crippen MR) is 77.9 cm³/mol. The molecule has 2 unspecified atom stereocenters. The smallest absolute Gasteiger partial charge is 0.469 e.